The molecule has 0 saturated carbocycles. The van der Waals surface area contributed by atoms with Gasteiger partial charge in [0.15, 0.2) is 0 Å². The van der Waals surface area contributed by atoms with Crippen LogP contribution in [0, 0.1) is 11.6 Å². The summed E-state index contributed by atoms with van der Waals surface area (Å²) in [6.45, 7) is 0.219. The molecule has 110 valence electrons. The fourth-order valence-corrected chi connectivity index (χ4v) is 2.09. The third kappa shape index (κ3) is 3.70. The Kier molecular flexibility index (Phi) is 4.75. The Balaban J connectivity index is 2.10. The van der Waals surface area contributed by atoms with Crippen LogP contribution in [0.3, 0.4) is 0 Å². The molecule has 0 spiro atoms. The molecule has 0 fully saturated rings. The number of rotatable bonds is 4. The lowest BCUT2D eigenvalue weighted by Gasteiger charge is -2.09. The monoisotopic (exact) mass is 310 g/mol. The summed E-state index contributed by atoms with van der Waals surface area (Å²) < 4.78 is 27.2. The van der Waals surface area contributed by atoms with Gasteiger partial charge in [-0.1, -0.05) is 23.7 Å². The topological polar surface area (TPSA) is 41.1 Å². The minimum absolute atomic E-state index is 0.0778. The Morgan fingerprint density at radius 1 is 1.19 bits per heavy atom. The van der Waals surface area contributed by atoms with Crippen LogP contribution >= 0.6 is 11.6 Å². The van der Waals surface area contributed by atoms with E-state index >= 15 is 0 Å². The molecule has 21 heavy (non-hydrogen) atoms. The zero-order valence-electron chi connectivity index (χ0n) is 11.2. The van der Waals surface area contributed by atoms with Gasteiger partial charge in [0.1, 0.15) is 17.3 Å². The van der Waals surface area contributed by atoms with E-state index in [9.17, 15) is 13.6 Å². The number of halogens is 3. The summed E-state index contributed by atoms with van der Waals surface area (Å²) in [4.78, 5) is 11.9. The second-order valence-corrected chi connectivity index (χ2v) is 4.81. The fraction of sp³-hybridized carbons (Fsp3) is 0.133. The van der Waals surface area contributed by atoms with E-state index in [4.69, 9.17) is 11.6 Å². The molecule has 3 nitrogen and oxygen atoms in total. The summed E-state index contributed by atoms with van der Waals surface area (Å²) in [7, 11) is 1.40. The van der Waals surface area contributed by atoms with Crippen molar-refractivity contribution < 1.29 is 13.6 Å². The summed E-state index contributed by atoms with van der Waals surface area (Å²) in [5.41, 5.74) is 0.455. The van der Waals surface area contributed by atoms with E-state index in [1.54, 1.807) is 24.3 Å². The fourth-order valence-electron chi connectivity index (χ4n) is 1.87. The van der Waals surface area contributed by atoms with Crippen LogP contribution in [0.15, 0.2) is 36.4 Å². The third-order valence-electron chi connectivity index (χ3n) is 2.90. The van der Waals surface area contributed by atoms with Gasteiger partial charge >= 0.3 is 0 Å². The van der Waals surface area contributed by atoms with Crippen LogP contribution in [-0.4, -0.2) is 13.0 Å². The van der Waals surface area contributed by atoms with Crippen LogP contribution in [0.5, 0.6) is 0 Å². The Hall–Kier alpha value is -2.14. The van der Waals surface area contributed by atoms with Gasteiger partial charge in [-0.15, -0.1) is 0 Å². The number of nitrogens with one attached hydrogen (secondary N) is 2. The van der Waals surface area contributed by atoms with Crippen LogP contribution in [0.25, 0.3) is 0 Å². The second kappa shape index (κ2) is 6.54. The Morgan fingerprint density at radius 2 is 1.86 bits per heavy atom. The first-order valence-electron chi connectivity index (χ1n) is 6.20. The molecule has 0 aromatic heterocycles. The molecule has 0 radical (unpaired) electrons. The Labute approximate surface area is 125 Å². The van der Waals surface area contributed by atoms with E-state index < -0.39 is 17.5 Å². The van der Waals surface area contributed by atoms with Crippen LogP contribution in [0.2, 0.25) is 5.02 Å². The Bertz CT molecular complexity index is 653. The molecule has 1 amide bonds. The molecule has 0 aliphatic heterocycles. The van der Waals surface area contributed by atoms with E-state index in [0.29, 0.717) is 5.02 Å². The molecule has 2 aromatic carbocycles. The number of benzene rings is 2. The molecule has 2 N–H and O–H groups in total. The summed E-state index contributed by atoms with van der Waals surface area (Å²) in [5.74, 6) is -2.19. The summed E-state index contributed by atoms with van der Waals surface area (Å²) in [5, 5.41) is 5.53. The van der Waals surface area contributed by atoms with Gasteiger partial charge in [-0.2, -0.15) is 0 Å². The second-order valence-electron chi connectivity index (χ2n) is 4.38. The van der Waals surface area contributed by atoms with E-state index in [1.807, 2.05) is 0 Å². The molecular weight excluding hydrogens is 298 g/mol. The van der Waals surface area contributed by atoms with Crippen LogP contribution in [0.1, 0.15) is 15.9 Å². The highest BCUT2D eigenvalue weighted by Crippen LogP contribution is 2.20. The first kappa shape index (κ1) is 15.3. The molecule has 2 rings (SSSR count). The van der Waals surface area contributed by atoms with Crippen molar-refractivity contribution in [1.29, 1.82) is 0 Å². The number of amides is 1. The molecule has 0 saturated heterocycles. The summed E-state index contributed by atoms with van der Waals surface area (Å²) in [6.07, 6.45) is 0. The number of carbonyl (C=O) groups excluding carboxylic acids is 1. The predicted octanol–water partition coefficient (Wildman–Crippen LogP) is 3.59. The highest BCUT2D eigenvalue weighted by Gasteiger charge is 2.14. The predicted molar refractivity (Wildman–Crippen MR) is 78.5 cm³/mol. The summed E-state index contributed by atoms with van der Waals surface area (Å²) in [6, 6.07) is 8.94. The third-order valence-corrected chi connectivity index (χ3v) is 3.13. The number of anilines is 1. The first-order valence-corrected chi connectivity index (χ1v) is 6.58. The number of carbonyl (C=O) groups is 1. The molecule has 0 atom stereocenters. The van der Waals surface area contributed by atoms with Crippen molar-refractivity contribution in [1.82, 2.24) is 5.32 Å². The van der Waals surface area contributed by atoms with Crippen molar-refractivity contribution in [3.8, 4) is 0 Å². The van der Waals surface area contributed by atoms with Crippen LogP contribution in [0.4, 0.5) is 14.5 Å². The van der Waals surface area contributed by atoms with E-state index in [0.717, 1.165) is 17.7 Å². The highest BCUT2D eigenvalue weighted by molar-refractivity contribution is 6.30. The van der Waals surface area contributed by atoms with Gasteiger partial charge in [-0.25, -0.2) is 8.78 Å². The van der Waals surface area contributed by atoms with E-state index in [1.165, 1.54) is 7.05 Å². The maximum atomic E-state index is 13.6. The van der Waals surface area contributed by atoms with Gasteiger partial charge in [-0.3, -0.25) is 4.79 Å². The number of hydrogen-bond donors (Lipinski definition) is 2. The average molecular weight is 311 g/mol. The zero-order chi connectivity index (χ0) is 15.4. The molecule has 0 bridgehead atoms. The smallest absolute Gasteiger partial charge is 0.251 e. The van der Waals surface area contributed by atoms with Crippen molar-refractivity contribution in [2.45, 2.75) is 6.54 Å². The van der Waals surface area contributed by atoms with Gasteiger partial charge in [-0.05, 0) is 29.8 Å². The largest absolute Gasteiger partial charge is 0.383 e. The van der Waals surface area contributed by atoms with Crippen molar-refractivity contribution in [2.75, 3.05) is 12.4 Å². The Morgan fingerprint density at radius 3 is 2.43 bits per heavy atom. The maximum Gasteiger partial charge on any atom is 0.251 e. The molecule has 0 aliphatic rings. The van der Waals surface area contributed by atoms with Crippen LogP contribution < -0.4 is 10.6 Å². The van der Waals surface area contributed by atoms with Gasteiger partial charge in [0.05, 0.1) is 0 Å². The standard InChI is InChI=1S/C15H13ClF2N2O/c1-19-14-12(17)6-10(7-13(14)18)15(21)20-8-9-3-2-4-11(16)5-9/h2-7,19H,8H2,1H3,(H,20,21). The molecule has 6 heteroatoms. The van der Waals surface area contributed by atoms with Crippen molar-refractivity contribution in [3.05, 3.63) is 64.2 Å². The normalized spacial score (nSPS) is 10.3. The minimum Gasteiger partial charge on any atom is -0.383 e. The average Bonchev–Trinajstić information content (AvgIpc) is 2.44. The van der Waals surface area contributed by atoms with Crippen molar-refractivity contribution in [3.63, 3.8) is 0 Å². The van der Waals surface area contributed by atoms with Gasteiger partial charge < -0.3 is 10.6 Å². The van der Waals surface area contributed by atoms with Gasteiger partial charge in [0.25, 0.3) is 5.91 Å². The molecule has 0 aliphatic carbocycles. The summed E-state index contributed by atoms with van der Waals surface area (Å²) >= 11 is 5.83. The lowest BCUT2D eigenvalue weighted by molar-refractivity contribution is 0.0950. The van der Waals surface area contributed by atoms with Gasteiger partial charge in [0, 0.05) is 24.2 Å². The van der Waals surface area contributed by atoms with Gasteiger partial charge in [0.2, 0.25) is 0 Å². The SMILES string of the molecule is CNc1c(F)cc(C(=O)NCc2cccc(Cl)c2)cc1F. The maximum absolute atomic E-state index is 13.6. The van der Waals surface area contributed by atoms with Crippen molar-refractivity contribution in [2.24, 2.45) is 0 Å². The first-order chi connectivity index (χ1) is 10.0. The molecule has 0 unspecified atom stereocenters. The lowest BCUT2D eigenvalue weighted by atomic mass is 10.1. The van der Waals surface area contributed by atoms with E-state index in [2.05, 4.69) is 10.6 Å². The molecule has 2 aromatic rings. The number of hydrogen-bond acceptors (Lipinski definition) is 2. The zero-order valence-corrected chi connectivity index (χ0v) is 12.0. The van der Waals surface area contributed by atoms with Crippen molar-refractivity contribution >= 4 is 23.2 Å². The van der Waals surface area contributed by atoms with Crippen LogP contribution in [-0.2, 0) is 6.54 Å². The minimum atomic E-state index is -0.814. The molecular formula is C15H13ClF2N2O. The quantitative estimate of drug-likeness (QED) is 0.906. The van der Waals surface area contributed by atoms with E-state index in [-0.39, 0.29) is 17.8 Å². The molecule has 0 heterocycles. The highest BCUT2D eigenvalue weighted by atomic mass is 35.5. The lowest BCUT2D eigenvalue weighted by Crippen LogP contribution is -2.23.